The smallest absolute Gasteiger partial charge is 0.329 e. The van der Waals surface area contributed by atoms with E-state index >= 15 is 0 Å². The molecule has 2 aliphatic heterocycles. The van der Waals surface area contributed by atoms with E-state index in [0.29, 0.717) is 17.7 Å². The van der Waals surface area contributed by atoms with E-state index in [-0.39, 0.29) is 23.8 Å². The molecular weight excluding hydrogens is 412 g/mol. The number of ether oxygens (including phenoxy) is 1. The van der Waals surface area contributed by atoms with Crippen LogP contribution in [0.15, 0.2) is 42.5 Å². The van der Waals surface area contributed by atoms with Crippen molar-refractivity contribution in [3.8, 4) is 10.4 Å². The first-order valence-corrected chi connectivity index (χ1v) is 11.6. The summed E-state index contributed by atoms with van der Waals surface area (Å²) >= 11 is 1.40. The number of amides is 2. The molecule has 164 valence electrons. The largest absolute Gasteiger partial charge is 0.458 e. The number of esters is 1. The van der Waals surface area contributed by atoms with E-state index in [4.69, 9.17) is 4.74 Å². The number of hydrogen-bond donors (Lipinski definition) is 1. The lowest BCUT2D eigenvalue weighted by atomic mass is 9.98. The summed E-state index contributed by atoms with van der Waals surface area (Å²) in [6, 6.07) is 12.5. The average Bonchev–Trinajstić information content (AvgIpc) is 3.37. The van der Waals surface area contributed by atoms with Crippen LogP contribution in [0, 0.1) is 0 Å². The number of carbonyl (C=O) groups excluding carboxylic acids is 3. The summed E-state index contributed by atoms with van der Waals surface area (Å²) in [5.74, 6) is -0.795. The van der Waals surface area contributed by atoms with Crippen LogP contribution < -0.4 is 5.32 Å². The summed E-state index contributed by atoms with van der Waals surface area (Å²) in [5, 5.41) is 2.90. The number of nitrogens with zero attached hydrogens (tertiary/aromatic N) is 1. The van der Waals surface area contributed by atoms with Crippen LogP contribution in [0.25, 0.3) is 10.4 Å². The maximum atomic E-state index is 13.2. The first kappa shape index (κ1) is 21.6. The van der Waals surface area contributed by atoms with Gasteiger partial charge < -0.3 is 15.0 Å². The molecule has 3 heterocycles. The molecule has 0 bridgehead atoms. The highest BCUT2D eigenvalue weighted by molar-refractivity contribution is 7.17. The van der Waals surface area contributed by atoms with Crippen molar-refractivity contribution in [3.63, 3.8) is 0 Å². The zero-order valence-corrected chi connectivity index (χ0v) is 18.9. The van der Waals surface area contributed by atoms with Gasteiger partial charge in [-0.2, -0.15) is 0 Å². The van der Waals surface area contributed by atoms with Crippen molar-refractivity contribution in [1.82, 2.24) is 10.2 Å². The van der Waals surface area contributed by atoms with Crippen molar-refractivity contribution in [3.05, 3.63) is 47.3 Å². The zero-order valence-electron chi connectivity index (χ0n) is 18.1. The Morgan fingerprint density at radius 1 is 1.03 bits per heavy atom. The monoisotopic (exact) mass is 440 g/mol. The van der Waals surface area contributed by atoms with E-state index in [9.17, 15) is 14.4 Å². The summed E-state index contributed by atoms with van der Waals surface area (Å²) in [6.07, 6.45) is 2.76. The summed E-state index contributed by atoms with van der Waals surface area (Å²) < 4.78 is 5.53. The van der Waals surface area contributed by atoms with Crippen molar-refractivity contribution in [2.75, 3.05) is 0 Å². The Balaban J connectivity index is 1.44. The Morgan fingerprint density at radius 3 is 2.45 bits per heavy atom. The topological polar surface area (TPSA) is 75.7 Å². The minimum absolute atomic E-state index is 0.0459. The van der Waals surface area contributed by atoms with Crippen molar-refractivity contribution < 1.29 is 19.1 Å². The number of carbonyl (C=O) groups is 3. The van der Waals surface area contributed by atoms with Gasteiger partial charge in [-0.15, -0.1) is 11.3 Å². The molecule has 3 atom stereocenters. The van der Waals surface area contributed by atoms with Gasteiger partial charge in [-0.05, 0) is 64.2 Å². The molecule has 0 radical (unpaired) electrons. The Morgan fingerprint density at radius 2 is 1.74 bits per heavy atom. The standard InChI is InChI=1S/C24H28N2O4S/c1-24(2,3)30-23(29)18-12-10-16-9-11-17(22(28)26(16)18)25-21(27)20-14-13-19(31-20)15-7-5-4-6-8-15/h4-8,13-14,16-18H,9-12H2,1-3H3,(H,25,27)/t16-,17+,18-/m0/s1. The van der Waals surface area contributed by atoms with E-state index < -0.39 is 17.7 Å². The van der Waals surface area contributed by atoms with Crippen LogP contribution in [-0.4, -0.2) is 46.4 Å². The van der Waals surface area contributed by atoms with Gasteiger partial charge in [0, 0.05) is 10.9 Å². The third-order valence-corrected chi connectivity index (χ3v) is 6.85. The van der Waals surface area contributed by atoms with E-state index in [0.717, 1.165) is 23.3 Å². The summed E-state index contributed by atoms with van der Waals surface area (Å²) in [7, 11) is 0. The molecule has 2 saturated heterocycles. The van der Waals surface area contributed by atoms with Gasteiger partial charge in [0.15, 0.2) is 0 Å². The minimum Gasteiger partial charge on any atom is -0.458 e. The second-order valence-corrected chi connectivity index (χ2v) is 10.2. The maximum Gasteiger partial charge on any atom is 0.329 e. The number of rotatable bonds is 4. The SMILES string of the molecule is CC(C)(C)OC(=O)[C@@H]1CC[C@@H]2CC[C@@H](NC(=O)c3ccc(-c4ccccc4)s3)C(=O)N21. The van der Waals surface area contributed by atoms with Crippen molar-refractivity contribution in [1.29, 1.82) is 0 Å². The fourth-order valence-corrected chi connectivity index (χ4v) is 5.26. The molecular formula is C24H28N2O4S. The summed E-state index contributed by atoms with van der Waals surface area (Å²) in [6.45, 7) is 5.47. The second-order valence-electron chi connectivity index (χ2n) is 9.16. The van der Waals surface area contributed by atoms with E-state index in [1.54, 1.807) is 11.0 Å². The van der Waals surface area contributed by atoms with Crippen molar-refractivity contribution in [2.45, 2.75) is 70.2 Å². The number of benzene rings is 1. The Bertz CT molecular complexity index is 979. The lowest BCUT2D eigenvalue weighted by Gasteiger charge is -2.38. The van der Waals surface area contributed by atoms with Gasteiger partial charge in [0.2, 0.25) is 5.91 Å². The average molecular weight is 441 g/mol. The van der Waals surface area contributed by atoms with Crippen LogP contribution in [0.4, 0.5) is 0 Å². The van der Waals surface area contributed by atoms with E-state index in [1.165, 1.54) is 11.3 Å². The van der Waals surface area contributed by atoms with E-state index in [2.05, 4.69) is 5.32 Å². The number of hydrogen-bond acceptors (Lipinski definition) is 5. The predicted octanol–water partition coefficient (Wildman–Crippen LogP) is 4.01. The van der Waals surface area contributed by atoms with Gasteiger partial charge >= 0.3 is 5.97 Å². The minimum atomic E-state index is -0.617. The van der Waals surface area contributed by atoms with Crippen LogP contribution >= 0.6 is 11.3 Å². The normalized spacial score (nSPS) is 23.4. The molecule has 2 aromatic rings. The number of thiophene rings is 1. The molecule has 2 amide bonds. The molecule has 1 N–H and O–H groups in total. The lowest BCUT2D eigenvalue weighted by Crippen LogP contribution is -2.58. The third kappa shape index (κ3) is 4.66. The van der Waals surface area contributed by atoms with Crippen LogP contribution in [-0.2, 0) is 14.3 Å². The third-order valence-electron chi connectivity index (χ3n) is 5.72. The highest BCUT2D eigenvalue weighted by Gasteiger charge is 2.47. The number of piperidine rings is 1. The Labute approximate surface area is 186 Å². The molecule has 31 heavy (non-hydrogen) atoms. The molecule has 0 saturated carbocycles. The van der Waals surface area contributed by atoms with Crippen LogP contribution in [0.5, 0.6) is 0 Å². The molecule has 0 aliphatic carbocycles. The first-order valence-electron chi connectivity index (χ1n) is 10.7. The zero-order chi connectivity index (χ0) is 22.2. The quantitative estimate of drug-likeness (QED) is 0.729. The summed E-state index contributed by atoms with van der Waals surface area (Å²) in [5.41, 5.74) is 0.456. The van der Waals surface area contributed by atoms with Gasteiger partial charge in [-0.25, -0.2) is 4.79 Å². The lowest BCUT2D eigenvalue weighted by molar-refractivity contribution is -0.165. The number of fused-ring (bicyclic) bond motifs is 1. The van der Waals surface area contributed by atoms with Gasteiger partial charge in [-0.1, -0.05) is 30.3 Å². The van der Waals surface area contributed by atoms with Crippen LogP contribution in [0.3, 0.4) is 0 Å². The summed E-state index contributed by atoms with van der Waals surface area (Å²) in [4.78, 5) is 41.9. The fourth-order valence-electron chi connectivity index (χ4n) is 4.34. The maximum absolute atomic E-state index is 13.2. The molecule has 7 heteroatoms. The second kappa shape index (κ2) is 8.46. The highest BCUT2D eigenvalue weighted by atomic mass is 32.1. The van der Waals surface area contributed by atoms with Gasteiger partial charge in [-0.3, -0.25) is 9.59 Å². The van der Waals surface area contributed by atoms with Gasteiger partial charge in [0.1, 0.15) is 17.7 Å². The van der Waals surface area contributed by atoms with Gasteiger partial charge in [0.25, 0.3) is 5.91 Å². The molecule has 1 aromatic carbocycles. The molecule has 0 unspecified atom stereocenters. The van der Waals surface area contributed by atoms with Crippen molar-refractivity contribution >= 4 is 29.1 Å². The molecule has 2 fully saturated rings. The van der Waals surface area contributed by atoms with Crippen LogP contribution in [0.2, 0.25) is 0 Å². The first-order chi connectivity index (χ1) is 14.7. The fraction of sp³-hybridized carbons (Fsp3) is 0.458. The van der Waals surface area contributed by atoms with Crippen LogP contribution in [0.1, 0.15) is 56.1 Å². The predicted molar refractivity (Wildman–Crippen MR) is 120 cm³/mol. The molecule has 4 rings (SSSR count). The van der Waals surface area contributed by atoms with E-state index in [1.807, 2.05) is 57.2 Å². The molecule has 2 aliphatic rings. The number of nitrogens with one attached hydrogen (secondary N) is 1. The highest BCUT2D eigenvalue weighted by Crippen LogP contribution is 2.34. The molecule has 1 aromatic heterocycles. The van der Waals surface area contributed by atoms with Gasteiger partial charge in [0.05, 0.1) is 4.88 Å². The molecule has 0 spiro atoms. The Kier molecular flexibility index (Phi) is 5.88. The molecule has 6 nitrogen and oxygen atoms in total. The van der Waals surface area contributed by atoms with Crippen molar-refractivity contribution in [2.24, 2.45) is 0 Å². The Hall–Kier alpha value is -2.67.